The van der Waals surface area contributed by atoms with Gasteiger partial charge in [-0.05, 0) is 31.6 Å². The van der Waals surface area contributed by atoms with Crippen molar-refractivity contribution < 1.29 is 19.4 Å². The molecule has 188 valence electrons. The molecule has 0 aliphatic heterocycles. The maximum absolute atomic E-state index is 12.4. The van der Waals surface area contributed by atoms with E-state index in [1.807, 2.05) is 6.08 Å². The summed E-state index contributed by atoms with van der Waals surface area (Å²) in [5.74, 6) is -1.50. The third-order valence-electron chi connectivity index (χ3n) is 6.32. The number of rotatable bonds is 23. The first-order valence-corrected chi connectivity index (χ1v) is 13.6. The minimum Gasteiger partial charge on any atom is -0.481 e. The fraction of sp³-hybridized carbons (Fsp3) is 0.857. The molecule has 0 bridgehead atoms. The van der Waals surface area contributed by atoms with Gasteiger partial charge in [-0.15, -0.1) is 0 Å². The molecule has 0 aromatic heterocycles. The highest BCUT2D eigenvalue weighted by Crippen LogP contribution is 2.17. The molecule has 0 saturated heterocycles. The van der Waals surface area contributed by atoms with E-state index in [1.165, 1.54) is 64.2 Å². The van der Waals surface area contributed by atoms with Crippen LogP contribution in [0.5, 0.6) is 0 Å². The van der Waals surface area contributed by atoms with Crippen molar-refractivity contribution in [3.05, 3.63) is 12.2 Å². The highest BCUT2D eigenvalue weighted by molar-refractivity contribution is 5.79. The van der Waals surface area contributed by atoms with Crippen LogP contribution in [0.4, 0.5) is 0 Å². The van der Waals surface area contributed by atoms with Crippen molar-refractivity contribution in [2.24, 2.45) is 11.8 Å². The highest BCUT2D eigenvalue weighted by Gasteiger charge is 2.23. The van der Waals surface area contributed by atoms with Crippen molar-refractivity contribution in [2.75, 3.05) is 6.61 Å². The maximum atomic E-state index is 12.4. The summed E-state index contributed by atoms with van der Waals surface area (Å²) in [6.45, 7) is 6.94. The lowest BCUT2D eigenvalue weighted by Crippen LogP contribution is -2.23. The molecule has 0 fully saturated rings. The van der Waals surface area contributed by atoms with Gasteiger partial charge in [0.05, 0.1) is 18.9 Å². The number of hydrogen-bond donors (Lipinski definition) is 1. The van der Waals surface area contributed by atoms with Gasteiger partial charge in [-0.25, -0.2) is 0 Å². The zero-order valence-electron chi connectivity index (χ0n) is 21.4. The molecular formula is C28H52O4. The maximum Gasteiger partial charge on any atom is 0.309 e. The zero-order valence-corrected chi connectivity index (χ0v) is 21.4. The summed E-state index contributed by atoms with van der Waals surface area (Å²) in [5, 5.41) is 9.16. The van der Waals surface area contributed by atoms with E-state index in [0.29, 0.717) is 18.9 Å². The van der Waals surface area contributed by atoms with E-state index >= 15 is 0 Å². The summed E-state index contributed by atoms with van der Waals surface area (Å²) >= 11 is 0. The van der Waals surface area contributed by atoms with Crippen LogP contribution in [-0.2, 0) is 14.3 Å². The molecule has 0 rings (SSSR count). The quantitative estimate of drug-likeness (QED) is 0.0958. The Labute approximate surface area is 198 Å². The topological polar surface area (TPSA) is 63.6 Å². The Hall–Kier alpha value is -1.32. The average Bonchev–Trinajstić information content (AvgIpc) is 2.78. The summed E-state index contributed by atoms with van der Waals surface area (Å²) < 4.78 is 5.49. The first kappa shape index (κ1) is 30.7. The molecule has 4 heteroatoms. The third-order valence-corrected chi connectivity index (χ3v) is 6.32. The van der Waals surface area contributed by atoms with Gasteiger partial charge in [-0.1, -0.05) is 116 Å². The molecule has 0 heterocycles. The number of allylic oxidation sites excluding steroid dienone is 2. The lowest BCUT2D eigenvalue weighted by molar-refractivity contribution is -0.154. The number of carbonyl (C=O) groups excluding carboxylic acids is 1. The standard InChI is InChI=1S/C28H52O4/c1-4-7-9-10-11-12-13-14-15-16-17-18-19-20-22-26(23-27(29)30)28(31)32-24-25(6-3)21-8-5-2/h19-20,25-26H,4-18,21-24H2,1-3H3,(H,29,30)/b20-19+. The smallest absolute Gasteiger partial charge is 0.309 e. The third kappa shape index (κ3) is 19.4. The fourth-order valence-electron chi connectivity index (χ4n) is 3.99. The summed E-state index contributed by atoms with van der Waals surface area (Å²) in [4.78, 5) is 23.6. The molecule has 0 saturated carbocycles. The first-order valence-electron chi connectivity index (χ1n) is 13.6. The van der Waals surface area contributed by atoms with Gasteiger partial charge in [0.1, 0.15) is 0 Å². The lowest BCUT2D eigenvalue weighted by Gasteiger charge is -2.17. The molecule has 0 aliphatic rings. The Morgan fingerprint density at radius 2 is 1.34 bits per heavy atom. The molecule has 0 amide bonds. The monoisotopic (exact) mass is 452 g/mol. The molecule has 32 heavy (non-hydrogen) atoms. The second kappa shape index (κ2) is 22.9. The van der Waals surface area contributed by atoms with Crippen LogP contribution in [0.25, 0.3) is 0 Å². The van der Waals surface area contributed by atoms with E-state index in [-0.39, 0.29) is 12.4 Å². The summed E-state index contributed by atoms with van der Waals surface area (Å²) in [7, 11) is 0. The number of hydrogen-bond acceptors (Lipinski definition) is 3. The Morgan fingerprint density at radius 1 is 0.781 bits per heavy atom. The van der Waals surface area contributed by atoms with Gasteiger partial charge < -0.3 is 9.84 Å². The average molecular weight is 453 g/mol. The Bertz CT molecular complexity index is 472. The van der Waals surface area contributed by atoms with E-state index in [0.717, 1.165) is 38.5 Å². The molecule has 4 nitrogen and oxygen atoms in total. The van der Waals surface area contributed by atoms with Gasteiger partial charge in [0, 0.05) is 0 Å². The predicted molar refractivity (Wildman–Crippen MR) is 135 cm³/mol. The molecule has 0 aliphatic carbocycles. The first-order chi connectivity index (χ1) is 15.5. The number of carboxylic acids is 1. The SMILES string of the molecule is CCCCCCCCCCCCC/C=C/CC(CC(=O)O)C(=O)OCC(CC)CCCC. The summed E-state index contributed by atoms with van der Waals surface area (Å²) in [6.07, 6.45) is 24.3. The number of carbonyl (C=O) groups is 2. The largest absolute Gasteiger partial charge is 0.481 e. The number of ether oxygens (including phenoxy) is 1. The molecule has 0 spiro atoms. The number of unbranched alkanes of at least 4 members (excludes halogenated alkanes) is 12. The van der Waals surface area contributed by atoms with E-state index in [1.54, 1.807) is 0 Å². The Kier molecular flexibility index (Phi) is 21.9. The number of carboxylic acid groups (broad SMARTS) is 1. The Morgan fingerprint density at radius 3 is 1.88 bits per heavy atom. The van der Waals surface area contributed by atoms with Crippen molar-refractivity contribution in [3.63, 3.8) is 0 Å². The Balaban J connectivity index is 3.97. The predicted octanol–water partition coefficient (Wildman–Crippen LogP) is 8.48. The lowest BCUT2D eigenvalue weighted by atomic mass is 9.99. The summed E-state index contributed by atoms with van der Waals surface area (Å²) in [6, 6.07) is 0. The molecule has 0 aromatic carbocycles. The van der Waals surface area contributed by atoms with Crippen molar-refractivity contribution >= 4 is 11.9 Å². The number of esters is 1. The van der Waals surface area contributed by atoms with Crippen molar-refractivity contribution in [1.82, 2.24) is 0 Å². The van der Waals surface area contributed by atoms with Gasteiger partial charge in [0.25, 0.3) is 0 Å². The van der Waals surface area contributed by atoms with Crippen LogP contribution in [0.15, 0.2) is 12.2 Å². The molecule has 1 N–H and O–H groups in total. The van der Waals surface area contributed by atoms with Crippen molar-refractivity contribution in [1.29, 1.82) is 0 Å². The zero-order chi connectivity index (χ0) is 23.9. The van der Waals surface area contributed by atoms with Crippen LogP contribution >= 0.6 is 0 Å². The minimum absolute atomic E-state index is 0.159. The second-order valence-electron chi connectivity index (χ2n) is 9.37. The van der Waals surface area contributed by atoms with Gasteiger partial charge in [-0.3, -0.25) is 9.59 Å². The van der Waals surface area contributed by atoms with Crippen LogP contribution in [0.3, 0.4) is 0 Å². The molecular weight excluding hydrogens is 400 g/mol. The van der Waals surface area contributed by atoms with Gasteiger partial charge >= 0.3 is 11.9 Å². The van der Waals surface area contributed by atoms with E-state index in [9.17, 15) is 9.59 Å². The van der Waals surface area contributed by atoms with Crippen LogP contribution in [0, 0.1) is 11.8 Å². The summed E-state index contributed by atoms with van der Waals surface area (Å²) in [5.41, 5.74) is 0. The van der Waals surface area contributed by atoms with Crippen molar-refractivity contribution in [2.45, 2.75) is 136 Å². The van der Waals surface area contributed by atoms with Crippen LogP contribution in [-0.4, -0.2) is 23.7 Å². The molecule has 2 atom stereocenters. The van der Waals surface area contributed by atoms with Crippen LogP contribution in [0.2, 0.25) is 0 Å². The van der Waals surface area contributed by atoms with E-state index < -0.39 is 11.9 Å². The molecule has 2 unspecified atom stereocenters. The van der Waals surface area contributed by atoms with Crippen molar-refractivity contribution in [3.8, 4) is 0 Å². The van der Waals surface area contributed by atoms with Gasteiger partial charge in [-0.2, -0.15) is 0 Å². The van der Waals surface area contributed by atoms with Crippen LogP contribution < -0.4 is 0 Å². The molecule has 0 radical (unpaired) electrons. The second-order valence-corrected chi connectivity index (χ2v) is 9.37. The minimum atomic E-state index is -0.941. The normalized spacial score (nSPS) is 13.3. The molecule has 0 aromatic rings. The van der Waals surface area contributed by atoms with E-state index in [4.69, 9.17) is 9.84 Å². The highest BCUT2D eigenvalue weighted by atomic mass is 16.5. The fourth-order valence-corrected chi connectivity index (χ4v) is 3.99. The van der Waals surface area contributed by atoms with Gasteiger partial charge in [0.15, 0.2) is 0 Å². The van der Waals surface area contributed by atoms with Crippen LogP contribution in [0.1, 0.15) is 136 Å². The van der Waals surface area contributed by atoms with Gasteiger partial charge in [0.2, 0.25) is 0 Å². The van der Waals surface area contributed by atoms with E-state index in [2.05, 4.69) is 26.8 Å². The number of aliphatic carboxylic acids is 1.